The summed E-state index contributed by atoms with van der Waals surface area (Å²) in [6.07, 6.45) is 1.64. The molecule has 3 rings (SSSR count). The maximum absolute atomic E-state index is 12.3. The van der Waals surface area contributed by atoms with E-state index < -0.39 is 18.0 Å². The fourth-order valence-corrected chi connectivity index (χ4v) is 4.45. The molecule has 1 saturated heterocycles. The van der Waals surface area contributed by atoms with Crippen LogP contribution in [0.1, 0.15) is 26.2 Å². The molecule has 7 heteroatoms. The van der Waals surface area contributed by atoms with E-state index in [9.17, 15) is 19.8 Å². The molecule has 2 heterocycles. The van der Waals surface area contributed by atoms with E-state index in [1.54, 1.807) is 6.92 Å². The van der Waals surface area contributed by atoms with Gasteiger partial charge in [0.2, 0.25) is 5.91 Å². The molecule has 0 radical (unpaired) electrons. The first-order chi connectivity index (χ1) is 10.5. The van der Waals surface area contributed by atoms with Gasteiger partial charge < -0.3 is 19.8 Å². The van der Waals surface area contributed by atoms with E-state index >= 15 is 0 Å². The lowest BCUT2D eigenvalue weighted by atomic mass is 9.71. The lowest BCUT2D eigenvalue weighted by molar-refractivity contribution is -0.163. The summed E-state index contributed by atoms with van der Waals surface area (Å²) in [4.78, 5) is 25.4. The number of amides is 1. The summed E-state index contributed by atoms with van der Waals surface area (Å²) >= 11 is 2.22. The largest absolute Gasteiger partial charge is 0.477 e. The number of alkyl halides is 1. The quantitative estimate of drug-likeness (QED) is 0.396. The van der Waals surface area contributed by atoms with Crippen molar-refractivity contribution >= 4 is 34.5 Å². The number of nitrogens with zero attached hydrogens (tertiary/aromatic N) is 1. The van der Waals surface area contributed by atoms with Crippen LogP contribution >= 0.6 is 22.6 Å². The molecule has 0 bridgehead atoms. The van der Waals surface area contributed by atoms with Gasteiger partial charge in [0, 0.05) is 10.3 Å². The maximum atomic E-state index is 12.3. The number of carboxylic acids is 1. The highest BCUT2D eigenvalue weighted by Crippen LogP contribution is 2.52. The molecule has 2 aliphatic heterocycles. The SMILES string of the molecule is CC(O)[C@H]1C(=O)N2C(C(=O)O)=C3[C@@H](OCCI)CCC[C@@H]3[C@H]12. The first-order valence-corrected chi connectivity index (χ1v) is 9.17. The van der Waals surface area contributed by atoms with Gasteiger partial charge in [-0.15, -0.1) is 0 Å². The zero-order valence-corrected chi connectivity index (χ0v) is 14.5. The van der Waals surface area contributed by atoms with Crippen molar-refractivity contribution in [1.82, 2.24) is 4.90 Å². The first kappa shape index (κ1) is 16.2. The molecular formula is C15H20INO5. The zero-order valence-electron chi connectivity index (χ0n) is 12.4. The number of carbonyl (C=O) groups is 2. The predicted octanol–water partition coefficient (Wildman–Crippen LogP) is 1.17. The number of ether oxygens (including phenoxy) is 1. The summed E-state index contributed by atoms with van der Waals surface area (Å²) < 4.78 is 6.70. The molecule has 122 valence electrons. The number of aliphatic hydroxyl groups excluding tert-OH is 1. The normalized spacial score (nSPS) is 35.0. The van der Waals surface area contributed by atoms with Crippen molar-refractivity contribution in [1.29, 1.82) is 0 Å². The molecule has 2 N–H and O–H groups in total. The van der Waals surface area contributed by atoms with Crippen molar-refractivity contribution in [3.63, 3.8) is 0 Å². The van der Waals surface area contributed by atoms with Crippen molar-refractivity contribution in [3.8, 4) is 0 Å². The number of hydrogen-bond donors (Lipinski definition) is 2. The molecule has 5 atom stereocenters. The lowest BCUT2D eigenvalue weighted by Crippen LogP contribution is -2.64. The number of carboxylic acid groups (broad SMARTS) is 1. The Morgan fingerprint density at radius 1 is 1.50 bits per heavy atom. The minimum absolute atomic E-state index is 0.0105. The van der Waals surface area contributed by atoms with Crippen molar-refractivity contribution in [2.75, 3.05) is 11.0 Å². The third-order valence-corrected chi connectivity index (χ3v) is 5.40. The second-order valence-electron chi connectivity index (χ2n) is 6.16. The summed E-state index contributed by atoms with van der Waals surface area (Å²) in [6, 6.07) is -0.209. The Hall–Kier alpha value is -0.670. The van der Waals surface area contributed by atoms with Crippen molar-refractivity contribution in [3.05, 3.63) is 11.3 Å². The molecule has 0 aromatic carbocycles. The number of hydrogen-bond acceptors (Lipinski definition) is 4. The highest BCUT2D eigenvalue weighted by molar-refractivity contribution is 14.1. The van der Waals surface area contributed by atoms with Crippen LogP contribution in [0.3, 0.4) is 0 Å². The smallest absolute Gasteiger partial charge is 0.352 e. The summed E-state index contributed by atoms with van der Waals surface area (Å²) in [5.41, 5.74) is 0.875. The molecule has 2 fully saturated rings. The average Bonchev–Trinajstić information content (AvgIpc) is 2.76. The second-order valence-corrected chi connectivity index (χ2v) is 7.24. The average molecular weight is 421 g/mol. The van der Waals surface area contributed by atoms with E-state index in [2.05, 4.69) is 22.6 Å². The number of β-lactam (4-membered cyclic amide) rings is 1. The van der Waals surface area contributed by atoms with Crippen LogP contribution in [-0.2, 0) is 14.3 Å². The monoisotopic (exact) mass is 421 g/mol. The van der Waals surface area contributed by atoms with Gasteiger partial charge >= 0.3 is 5.97 Å². The van der Waals surface area contributed by atoms with Crippen LogP contribution in [0.25, 0.3) is 0 Å². The minimum Gasteiger partial charge on any atom is -0.477 e. The number of aliphatic hydroxyl groups is 1. The van der Waals surface area contributed by atoms with Gasteiger partial charge in [-0.1, -0.05) is 22.6 Å². The van der Waals surface area contributed by atoms with Crippen LogP contribution in [0, 0.1) is 11.8 Å². The Labute approximate surface area is 142 Å². The first-order valence-electron chi connectivity index (χ1n) is 7.65. The minimum atomic E-state index is -1.06. The molecule has 6 nitrogen and oxygen atoms in total. The van der Waals surface area contributed by atoms with Gasteiger partial charge in [-0.2, -0.15) is 0 Å². The van der Waals surface area contributed by atoms with E-state index in [0.29, 0.717) is 6.61 Å². The molecule has 0 spiro atoms. The fourth-order valence-electron chi connectivity index (χ4n) is 4.19. The van der Waals surface area contributed by atoms with Gasteiger partial charge in [-0.05, 0) is 31.8 Å². The number of fused-ring (bicyclic) bond motifs is 3. The van der Waals surface area contributed by atoms with Crippen LogP contribution in [-0.4, -0.2) is 56.3 Å². The summed E-state index contributed by atoms with van der Waals surface area (Å²) in [6.45, 7) is 2.18. The topological polar surface area (TPSA) is 87.1 Å². The van der Waals surface area contributed by atoms with E-state index in [1.807, 2.05) is 0 Å². The van der Waals surface area contributed by atoms with Gasteiger partial charge in [0.15, 0.2) is 0 Å². The third kappa shape index (κ3) is 2.28. The van der Waals surface area contributed by atoms with Crippen LogP contribution in [0.4, 0.5) is 0 Å². The summed E-state index contributed by atoms with van der Waals surface area (Å²) in [5, 5.41) is 19.5. The molecule has 1 saturated carbocycles. The standard InChI is InChI=1S/C15H20INO5/c1-7(18)10-12-8-3-2-4-9(22-6-5-16)11(8)13(15(20)21)17(12)14(10)19/h7-10,12,18H,2-6H2,1H3,(H,20,21)/t7?,8-,9-,10+,12+/m0/s1. The van der Waals surface area contributed by atoms with E-state index in [1.165, 1.54) is 4.90 Å². The Balaban J connectivity index is 1.97. The molecule has 1 unspecified atom stereocenters. The van der Waals surface area contributed by atoms with Gasteiger partial charge in [0.25, 0.3) is 0 Å². The number of halogens is 1. The van der Waals surface area contributed by atoms with Crippen molar-refractivity contribution in [2.24, 2.45) is 11.8 Å². The van der Waals surface area contributed by atoms with Gasteiger partial charge in [0.05, 0.1) is 30.8 Å². The van der Waals surface area contributed by atoms with E-state index in [-0.39, 0.29) is 29.7 Å². The van der Waals surface area contributed by atoms with Gasteiger partial charge in [0.1, 0.15) is 5.70 Å². The van der Waals surface area contributed by atoms with Crippen LogP contribution in [0.2, 0.25) is 0 Å². The number of carbonyl (C=O) groups excluding carboxylic acids is 1. The Morgan fingerprint density at radius 2 is 2.23 bits per heavy atom. The Kier molecular flexibility index (Phi) is 4.48. The lowest BCUT2D eigenvalue weighted by Gasteiger charge is -2.47. The molecule has 1 amide bonds. The van der Waals surface area contributed by atoms with E-state index in [4.69, 9.17) is 4.74 Å². The van der Waals surface area contributed by atoms with Crippen molar-refractivity contribution in [2.45, 2.75) is 44.4 Å². The Bertz CT molecular complexity index is 532. The van der Waals surface area contributed by atoms with Crippen LogP contribution in [0.5, 0.6) is 0 Å². The summed E-state index contributed by atoms with van der Waals surface area (Å²) in [5.74, 6) is -1.81. The van der Waals surface area contributed by atoms with Crippen LogP contribution < -0.4 is 0 Å². The highest BCUT2D eigenvalue weighted by Gasteiger charge is 2.62. The fraction of sp³-hybridized carbons (Fsp3) is 0.733. The van der Waals surface area contributed by atoms with Gasteiger partial charge in [-0.3, -0.25) is 4.79 Å². The Morgan fingerprint density at radius 3 is 2.82 bits per heavy atom. The van der Waals surface area contributed by atoms with Crippen LogP contribution in [0.15, 0.2) is 11.3 Å². The van der Waals surface area contributed by atoms with Crippen molar-refractivity contribution < 1.29 is 24.5 Å². The predicted molar refractivity (Wildman–Crippen MR) is 86.4 cm³/mol. The van der Waals surface area contributed by atoms with E-state index in [0.717, 1.165) is 29.3 Å². The molecule has 22 heavy (non-hydrogen) atoms. The molecule has 0 aromatic heterocycles. The molecule has 0 aromatic rings. The maximum Gasteiger partial charge on any atom is 0.352 e. The number of aliphatic carboxylic acids is 1. The molecule has 1 aliphatic carbocycles. The highest BCUT2D eigenvalue weighted by atomic mass is 127. The molecular weight excluding hydrogens is 401 g/mol. The second kappa shape index (κ2) is 6.09. The number of rotatable bonds is 5. The molecule has 3 aliphatic rings. The van der Waals surface area contributed by atoms with Gasteiger partial charge in [-0.25, -0.2) is 4.79 Å². The zero-order chi connectivity index (χ0) is 16.0. The third-order valence-electron chi connectivity index (χ3n) is 4.96. The summed E-state index contributed by atoms with van der Waals surface area (Å²) in [7, 11) is 0.